The van der Waals surface area contributed by atoms with E-state index in [1.807, 2.05) is 0 Å². The number of Topliss-reactive ketones (excluding diaryl/α,β-unsaturated/α-hetero) is 1. The van der Waals surface area contributed by atoms with Gasteiger partial charge in [-0.25, -0.2) is 0 Å². The molecular weight excluding hydrogens is 208 g/mol. The fourth-order valence-electron chi connectivity index (χ4n) is 1.91. The lowest BCUT2D eigenvalue weighted by Crippen LogP contribution is -1.95. The summed E-state index contributed by atoms with van der Waals surface area (Å²) >= 11 is 0. The molecule has 17 heavy (non-hydrogen) atoms. The van der Waals surface area contributed by atoms with Crippen LogP contribution in [0.5, 0.6) is 0 Å². The smallest absolute Gasteiger partial charge is 0.144 e. The molecule has 0 aromatic carbocycles. The Bertz CT molecular complexity index is 232. The lowest BCUT2D eigenvalue weighted by molar-refractivity contribution is -0.118. The van der Waals surface area contributed by atoms with E-state index >= 15 is 0 Å². The summed E-state index contributed by atoms with van der Waals surface area (Å²) in [5.74, 6) is 5.90. The molecule has 0 saturated heterocycles. The van der Waals surface area contributed by atoms with Gasteiger partial charge in [-0.3, -0.25) is 4.79 Å². The van der Waals surface area contributed by atoms with Gasteiger partial charge in [0.25, 0.3) is 0 Å². The molecule has 0 bridgehead atoms. The van der Waals surface area contributed by atoms with Crippen molar-refractivity contribution < 1.29 is 4.79 Å². The molecule has 0 amide bonds. The van der Waals surface area contributed by atoms with Gasteiger partial charge in [-0.05, 0) is 13.3 Å². The van der Waals surface area contributed by atoms with Crippen LogP contribution < -0.4 is 0 Å². The average molecular weight is 236 g/mol. The molecule has 0 aromatic rings. The predicted molar refractivity (Wildman–Crippen MR) is 74.9 cm³/mol. The van der Waals surface area contributed by atoms with Crippen molar-refractivity contribution >= 4 is 5.78 Å². The fraction of sp³-hybridized carbons (Fsp3) is 0.812. The minimum absolute atomic E-state index is 0.308. The van der Waals surface area contributed by atoms with Crippen LogP contribution in [0.25, 0.3) is 0 Å². The highest BCUT2D eigenvalue weighted by atomic mass is 16.1. The van der Waals surface area contributed by atoms with Crippen LogP contribution in [0.1, 0.15) is 84.5 Å². The summed E-state index contributed by atoms with van der Waals surface area (Å²) in [5, 5.41) is 0. The summed E-state index contributed by atoms with van der Waals surface area (Å²) < 4.78 is 0. The van der Waals surface area contributed by atoms with Crippen LogP contribution in [0.3, 0.4) is 0 Å². The van der Waals surface area contributed by atoms with E-state index in [4.69, 9.17) is 0 Å². The number of carbonyl (C=O) groups excluding carboxylic acids is 1. The van der Waals surface area contributed by atoms with E-state index in [1.54, 1.807) is 6.92 Å². The molecule has 0 aromatic heterocycles. The van der Waals surface area contributed by atoms with Crippen molar-refractivity contribution in [3.05, 3.63) is 0 Å². The summed E-state index contributed by atoms with van der Waals surface area (Å²) in [6, 6.07) is 0. The maximum absolute atomic E-state index is 11.3. The molecule has 0 fully saturated rings. The largest absolute Gasteiger partial charge is 0.299 e. The van der Waals surface area contributed by atoms with Crippen molar-refractivity contribution in [1.82, 2.24) is 0 Å². The first-order valence-electron chi connectivity index (χ1n) is 7.22. The molecule has 0 unspecified atom stereocenters. The first-order chi connectivity index (χ1) is 8.31. The molecule has 0 radical (unpaired) electrons. The van der Waals surface area contributed by atoms with E-state index in [0.29, 0.717) is 12.2 Å². The molecule has 0 aliphatic rings. The van der Waals surface area contributed by atoms with Gasteiger partial charge in [0.1, 0.15) is 5.78 Å². The molecule has 1 heteroatoms. The first kappa shape index (κ1) is 16.2. The number of hydrogen-bond acceptors (Lipinski definition) is 1. The zero-order chi connectivity index (χ0) is 12.8. The van der Waals surface area contributed by atoms with E-state index in [2.05, 4.69) is 18.8 Å². The Morgan fingerprint density at radius 1 is 0.882 bits per heavy atom. The SMILES string of the molecule is CC#CCC(=O)CCCCCCCCCCC. The summed E-state index contributed by atoms with van der Waals surface area (Å²) in [6.45, 7) is 4.03. The van der Waals surface area contributed by atoms with Gasteiger partial charge in [0.15, 0.2) is 0 Å². The lowest BCUT2D eigenvalue weighted by atomic mass is 10.0. The topological polar surface area (TPSA) is 17.1 Å². The zero-order valence-electron chi connectivity index (χ0n) is 11.7. The van der Waals surface area contributed by atoms with Crippen molar-refractivity contribution in [2.45, 2.75) is 84.5 Å². The number of unbranched alkanes of at least 4 members (excludes halogenated alkanes) is 8. The number of hydrogen-bond donors (Lipinski definition) is 0. The Hall–Kier alpha value is -0.770. The molecule has 1 nitrogen and oxygen atoms in total. The third kappa shape index (κ3) is 13.2. The molecule has 0 N–H and O–H groups in total. The summed E-state index contributed by atoms with van der Waals surface area (Å²) in [5.41, 5.74) is 0. The molecule has 0 spiro atoms. The highest BCUT2D eigenvalue weighted by molar-refractivity contribution is 5.80. The molecule has 0 saturated carbocycles. The normalized spacial score (nSPS) is 9.76. The van der Waals surface area contributed by atoms with Crippen LogP contribution in [0.2, 0.25) is 0 Å². The third-order valence-corrected chi connectivity index (χ3v) is 3.02. The third-order valence-electron chi connectivity index (χ3n) is 3.02. The quantitative estimate of drug-likeness (QED) is 0.369. The van der Waals surface area contributed by atoms with Gasteiger partial charge < -0.3 is 0 Å². The van der Waals surface area contributed by atoms with Crippen LogP contribution >= 0.6 is 0 Å². The highest BCUT2D eigenvalue weighted by Gasteiger charge is 1.99. The summed E-state index contributed by atoms with van der Waals surface area (Å²) in [6.07, 6.45) is 12.9. The molecule has 0 aliphatic carbocycles. The van der Waals surface area contributed by atoms with E-state index in [9.17, 15) is 4.79 Å². The maximum atomic E-state index is 11.3. The molecule has 0 heterocycles. The van der Waals surface area contributed by atoms with Crippen LogP contribution in [-0.2, 0) is 4.79 Å². The molecule has 0 rings (SSSR count). The van der Waals surface area contributed by atoms with Gasteiger partial charge in [-0.15, -0.1) is 5.92 Å². The highest BCUT2D eigenvalue weighted by Crippen LogP contribution is 2.10. The van der Waals surface area contributed by atoms with Crippen molar-refractivity contribution in [1.29, 1.82) is 0 Å². The van der Waals surface area contributed by atoms with Crippen molar-refractivity contribution in [3.63, 3.8) is 0 Å². The first-order valence-corrected chi connectivity index (χ1v) is 7.22. The van der Waals surface area contributed by atoms with Crippen molar-refractivity contribution in [3.8, 4) is 11.8 Å². The fourth-order valence-corrected chi connectivity index (χ4v) is 1.91. The van der Waals surface area contributed by atoms with E-state index in [-0.39, 0.29) is 0 Å². The Morgan fingerprint density at radius 3 is 1.94 bits per heavy atom. The monoisotopic (exact) mass is 236 g/mol. The van der Waals surface area contributed by atoms with Crippen LogP contribution in [0, 0.1) is 11.8 Å². The molecule has 0 aliphatic heterocycles. The van der Waals surface area contributed by atoms with Crippen LogP contribution in [-0.4, -0.2) is 5.78 Å². The minimum Gasteiger partial charge on any atom is -0.299 e. The van der Waals surface area contributed by atoms with E-state index in [1.165, 1.54) is 51.4 Å². The van der Waals surface area contributed by atoms with Gasteiger partial charge in [-0.2, -0.15) is 0 Å². The minimum atomic E-state index is 0.308. The van der Waals surface area contributed by atoms with Crippen LogP contribution in [0.15, 0.2) is 0 Å². The van der Waals surface area contributed by atoms with Gasteiger partial charge >= 0.3 is 0 Å². The standard InChI is InChI=1S/C16H28O/c1-3-5-7-8-9-10-11-12-13-15-16(17)14-6-4-2/h3,5,7-15H2,1-2H3. The lowest BCUT2D eigenvalue weighted by Gasteiger charge is -2.01. The predicted octanol–water partition coefficient (Wildman–Crippen LogP) is 4.89. The van der Waals surface area contributed by atoms with Crippen LogP contribution in [0.4, 0.5) is 0 Å². The molecule has 98 valence electrons. The second kappa shape index (κ2) is 13.3. The second-order valence-corrected chi connectivity index (χ2v) is 4.72. The van der Waals surface area contributed by atoms with Crippen molar-refractivity contribution in [2.24, 2.45) is 0 Å². The van der Waals surface area contributed by atoms with E-state index in [0.717, 1.165) is 12.8 Å². The Morgan fingerprint density at radius 2 is 1.41 bits per heavy atom. The van der Waals surface area contributed by atoms with Gasteiger partial charge in [-0.1, -0.05) is 64.2 Å². The maximum Gasteiger partial charge on any atom is 0.144 e. The van der Waals surface area contributed by atoms with Crippen molar-refractivity contribution in [2.75, 3.05) is 0 Å². The average Bonchev–Trinajstić information content (AvgIpc) is 2.34. The molecule has 0 atom stereocenters. The Labute approximate surface area is 107 Å². The Balaban J connectivity index is 3.12. The molecular formula is C16H28O. The number of ketones is 1. The summed E-state index contributed by atoms with van der Waals surface area (Å²) in [4.78, 5) is 11.3. The Kier molecular flexibility index (Phi) is 12.7. The van der Waals surface area contributed by atoms with Gasteiger partial charge in [0.05, 0.1) is 6.42 Å². The number of rotatable bonds is 11. The van der Waals surface area contributed by atoms with Gasteiger partial charge in [0.2, 0.25) is 0 Å². The van der Waals surface area contributed by atoms with Gasteiger partial charge in [0, 0.05) is 6.42 Å². The number of carbonyl (C=O) groups is 1. The summed E-state index contributed by atoms with van der Waals surface area (Å²) in [7, 11) is 0. The van der Waals surface area contributed by atoms with E-state index < -0.39 is 0 Å². The second-order valence-electron chi connectivity index (χ2n) is 4.72. The zero-order valence-corrected chi connectivity index (χ0v) is 11.7.